The molecule has 5 atom stereocenters. The SMILES string of the molecule is COc1ccc([C@@H](C)N2C[C@@]34C=C[C@H](O3)[C@H](C(=O)OCC(C)C)[C@H]4C2=O)cc1. The fourth-order valence-corrected chi connectivity index (χ4v) is 4.53. The van der Waals surface area contributed by atoms with Crippen molar-refractivity contribution in [3.63, 3.8) is 0 Å². The molecule has 1 amide bonds. The van der Waals surface area contributed by atoms with Crippen molar-refractivity contribution in [1.29, 1.82) is 0 Å². The molecule has 2 saturated heterocycles. The van der Waals surface area contributed by atoms with E-state index in [1.807, 2.05) is 62.1 Å². The number of esters is 1. The van der Waals surface area contributed by atoms with Crippen molar-refractivity contribution in [2.75, 3.05) is 20.3 Å². The van der Waals surface area contributed by atoms with Gasteiger partial charge >= 0.3 is 5.97 Å². The molecule has 3 aliphatic rings. The maximum absolute atomic E-state index is 13.3. The summed E-state index contributed by atoms with van der Waals surface area (Å²) in [5.41, 5.74) is 0.298. The number of hydrogen-bond donors (Lipinski definition) is 0. The van der Waals surface area contributed by atoms with Crippen molar-refractivity contribution in [2.24, 2.45) is 17.8 Å². The third-order valence-corrected chi connectivity index (χ3v) is 6.03. The number of amides is 1. The normalized spacial score (nSPS) is 31.4. The first kappa shape index (κ1) is 19.0. The Morgan fingerprint density at radius 2 is 2.00 bits per heavy atom. The lowest BCUT2D eigenvalue weighted by molar-refractivity contribution is -0.155. The Labute approximate surface area is 165 Å². The van der Waals surface area contributed by atoms with Crippen molar-refractivity contribution >= 4 is 11.9 Å². The van der Waals surface area contributed by atoms with E-state index in [9.17, 15) is 9.59 Å². The molecular weight excluding hydrogens is 358 g/mol. The summed E-state index contributed by atoms with van der Waals surface area (Å²) in [6, 6.07) is 7.58. The second kappa shape index (κ2) is 6.92. The molecule has 150 valence electrons. The van der Waals surface area contributed by atoms with Crippen LogP contribution < -0.4 is 4.74 Å². The van der Waals surface area contributed by atoms with Crippen molar-refractivity contribution in [1.82, 2.24) is 4.90 Å². The third kappa shape index (κ3) is 2.91. The number of carbonyl (C=O) groups excluding carboxylic acids is 2. The van der Waals surface area contributed by atoms with Gasteiger partial charge in [0.05, 0.1) is 38.3 Å². The summed E-state index contributed by atoms with van der Waals surface area (Å²) < 4.78 is 16.8. The van der Waals surface area contributed by atoms with Gasteiger partial charge < -0.3 is 19.1 Å². The van der Waals surface area contributed by atoms with Gasteiger partial charge in [0.15, 0.2) is 0 Å². The highest BCUT2D eigenvalue weighted by Gasteiger charge is 2.67. The number of likely N-dealkylation sites (tertiary alicyclic amines) is 1. The van der Waals surface area contributed by atoms with Gasteiger partial charge in [-0.25, -0.2) is 0 Å². The first-order chi connectivity index (χ1) is 13.4. The van der Waals surface area contributed by atoms with Gasteiger partial charge in [-0.15, -0.1) is 0 Å². The average Bonchev–Trinajstić information content (AvgIpc) is 3.34. The molecule has 1 aromatic rings. The maximum atomic E-state index is 13.3. The molecule has 3 aliphatic heterocycles. The minimum atomic E-state index is -0.718. The summed E-state index contributed by atoms with van der Waals surface area (Å²) in [5.74, 6) is -0.424. The smallest absolute Gasteiger partial charge is 0.312 e. The Balaban J connectivity index is 1.56. The van der Waals surface area contributed by atoms with Gasteiger partial charge in [-0.1, -0.05) is 38.1 Å². The Morgan fingerprint density at radius 1 is 1.29 bits per heavy atom. The van der Waals surface area contributed by atoms with Crippen LogP contribution in [0.15, 0.2) is 36.4 Å². The lowest BCUT2D eigenvalue weighted by Gasteiger charge is -2.27. The summed E-state index contributed by atoms with van der Waals surface area (Å²) in [5, 5.41) is 0. The van der Waals surface area contributed by atoms with E-state index in [-0.39, 0.29) is 29.9 Å². The van der Waals surface area contributed by atoms with E-state index in [1.54, 1.807) is 7.11 Å². The second-order valence-electron chi connectivity index (χ2n) is 8.34. The van der Waals surface area contributed by atoms with E-state index in [0.717, 1.165) is 11.3 Å². The Bertz CT molecular complexity index is 802. The number of fused-ring (bicyclic) bond motifs is 1. The average molecular weight is 385 g/mol. The number of nitrogens with zero attached hydrogens (tertiary/aromatic N) is 1. The predicted octanol–water partition coefficient (Wildman–Crippen LogP) is 2.74. The molecular formula is C22H27NO5. The summed E-state index contributed by atoms with van der Waals surface area (Å²) in [7, 11) is 1.63. The van der Waals surface area contributed by atoms with Crippen LogP contribution in [-0.4, -0.2) is 48.7 Å². The zero-order chi connectivity index (χ0) is 20.1. The molecule has 0 aromatic heterocycles. The number of ether oxygens (including phenoxy) is 3. The zero-order valence-corrected chi connectivity index (χ0v) is 16.8. The van der Waals surface area contributed by atoms with E-state index in [4.69, 9.17) is 14.2 Å². The largest absolute Gasteiger partial charge is 0.497 e. The fourth-order valence-electron chi connectivity index (χ4n) is 4.53. The first-order valence-electron chi connectivity index (χ1n) is 9.84. The summed E-state index contributed by atoms with van der Waals surface area (Å²) in [4.78, 5) is 27.9. The highest BCUT2D eigenvalue weighted by molar-refractivity contribution is 5.91. The fraction of sp³-hybridized carbons (Fsp3) is 0.545. The van der Waals surface area contributed by atoms with Crippen LogP contribution in [0.2, 0.25) is 0 Å². The van der Waals surface area contributed by atoms with E-state index in [1.165, 1.54) is 0 Å². The molecule has 1 spiro atoms. The number of hydrogen-bond acceptors (Lipinski definition) is 5. The monoisotopic (exact) mass is 385 g/mol. The lowest BCUT2D eigenvalue weighted by Crippen LogP contribution is -2.40. The van der Waals surface area contributed by atoms with Gasteiger partial charge in [0.25, 0.3) is 0 Å². The molecule has 2 bridgehead atoms. The topological polar surface area (TPSA) is 65.1 Å². The van der Waals surface area contributed by atoms with E-state index in [2.05, 4.69) is 0 Å². The number of carbonyl (C=O) groups is 2. The van der Waals surface area contributed by atoms with Crippen LogP contribution in [0.5, 0.6) is 5.75 Å². The molecule has 0 aliphatic carbocycles. The molecule has 6 heteroatoms. The quantitative estimate of drug-likeness (QED) is 0.557. The summed E-state index contributed by atoms with van der Waals surface area (Å²) >= 11 is 0. The van der Waals surface area contributed by atoms with Gasteiger partial charge in [0.1, 0.15) is 17.3 Å². The Hall–Kier alpha value is -2.34. The van der Waals surface area contributed by atoms with Crippen molar-refractivity contribution < 1.29 is 23.8 Å². The van der Waals surface area contributed by atoms with Crippen LogP contribution in [0.1, 0.15) is 32.4 Å². The molecule has 2 fully saturated rings. The van der Waals surface area contributed by atoms with Gasteiger partial charge in [-0.05, 0) is 30.5 Å². The predicted molar refractivity (Wildman–Crippen MR) is 103 cm³/mol. The molecule has 4 rings (SSSR count). The van der Waals surface area contributed by atoms with E-state index >= 15 is 0 Å². The minimum absolute atomic E-state index is 0.0401. The van der Waals surface area contributed by atoms with Gasteiger partial charge in [-0.3, -0.25) is 9.59 Å². The highest BCUT2D eigenvalue weighted by Crippen LogP contribution is 2.53. The van der Waals surface area contributed by atoms with E-state index in [0.29, 0.717) is 13.2 Å². The van der Waals surface area contributed by atoms with Gasteiger partial charge in [0, 0.05) is 0 Å². The summed E-state index contributed by atoms with van der Waals surface area (Å²) in [6.45, 7) is 6.78. The van der Waals surface area contributed by atoms with Crippen molar-refractivity contribution in [3.8, 4) is 5.75 Å². The molecule has 0 N–H and O–H groups in total. The number of rotatable bonds is 6. The molecule has 6 nitrogen and oxygen atoms in total. The van der Waals surface area contributed by atoms with Gasteiger partial charge in [-0.2, -0.15) is 0 Å². The second-order valence-corrected chi connectivity index (χ2v) is 8.34. The van der Waals surface area contributed by atoms with Crippen LogP contribution in [0, 0.1) is 17.8 Å². The molecule has 1 aromatic carbocycles. The first-order valence-corrected chi connectivity index (χ1v) is 9.84. The molecule has 0 radical (unpaired) electrons. The van der Waals surface area contributed by atoms with Crippen LogP contribution >= 0.6 is 0 Å². The Morgan fingerprint density at radius 3 is 2.64 bits per heavy atom. The van der Waals surface area contributed by atoms with Gasteiger partial charge in [0.2, 0.25) is 5.91 Å². The minimum Gasteiger partial charge on any atom is -0.497 e. The Kier molecular flexibility index (Phi) is 4.70. The van der Waals surface area contributed by atoms with Crippen LogP contribution in [-0.2, 0) is 19.1 Å². The van der Waals surface area contributed by atoms with E-state index < -0.39 is 17.4 Å². The standard InChI is InChI=1S/C22H27NO5/c1-13(2)11-27-21(25)18-17-9-10-22(28-17)12-23(20(24)19(18)22)14(3)15-5-7-16(26-4)8-6-15/h5-10,13-14,17-19H,11-12H2,1-4H3/t14-,17+,18+,19+,22-/m1/s1. The number of benzene rings is 1. The summed E-state index contributed by atoms with van der Waals surface area (Å²) in [6.07, 6.45) is 3.51. The molecule has 0 saturated carbocycles. The van der Waals surface area contributed by atoms with Crippen LogP contribution in [0.25, 0.3) is 0 Å². The molecule has 28 heavy (non-hydrogen) atoms. The third-order valence-electron chi connectivity index (χ3n) is 6.03. The molecule has 3 heterocycles. The zero-order valence-electron chi connectivity index (χ0n) is 16.8. The van der Waals surface area contributed by atoms with Crippen LogP contribution in [0.3, 0.4) is 0 Å². The lowest BCUT2D eigenvalue weighted by atomic mass is 9.77. The molecule has 0 unspecified atom stereocenters. The van der Waals surface area contributed by atoms with Crippen molar-refractivity contribution in [3.05, 3.63) is 42.0 Å². The van der Waals surface area contributed by atoms with Crippen molar-refractivity contribution in [2.45, 2.75) is 38.5 Å². The maximum Gasteiger partial charge on any atom is 0.312 e. The highest BCUT2D eigenvalue weighted by atomic mass is 16.6. The van der Waals surface area contributed by atoms with Crippen LogP contribution in [0.4, 0.5) is 0 Å². The number of methoxy groups -OCH3 is 1.